The molecule has 0 spiro atoms. The Morgan fingerprint density at radius 1 is 1.17 bits per heavy atom. The number of carbonyl (C=O) groups excluding carboxylic acids is 1. The van der Waals surface area contributed by atoms with Crippen molar-refractivity contribution >= 4 is 15.9 Å². The molecule has 0 aliphatic carbocycles. The number of rotatable bonds is 8. The summed E-state index contributed by atoms with van der Waals surface area (Å²) in [4.78, 5) is 12.4. The molecule has 1 atom stereocenters. The lowest BCUT2D eigenvalue weighted by molar-refractivity contribution is 0.0858. The predicted molar refractivity (Wildman–Crippen MR) is 109 cm³/mol. The lowest BCUT2D eigenvalue weighted by atomic mass is 10.1. The number of nitrogens with zero attached hydrogens (tertiary/aromatic N) is 1. The molecule has 1 aliphatic rings. The van der Waals surface area contributed by atoms with E-state index in [1.54, 1.807) is 36.4 Å². The molecule has 2 aromatic rings. The van der Waals surface area contributed by atoms with Crippen LogP contribution in [0, 0.1) is 0 Å². The molecule has 3 rings (SSSR count). The lowest BCUT2D eigenvalue weighted by Gasteiger charge is -2.18. The summed E-state index contributed by atoms with van der Waals surface area (Å²) in [5.74, 6) is 0.436. The van der Waals surface area contributed by atoms with Gasteiger partial charge in [0.25, 0.3) is 5.91 Å². The summed E-state index contributed by atoms with van der Waals surface area (Å²) >= 11 is 0. The van der Waals surface area contributed by atoms with E-state index in [0.717, 1.165) is 25.0 Å². The largest absolute Gasteiger partial charge is 0.497 e. The van der Waals surface area contributed by atoms with Crippen LogP contribution in [-0.2, 0) is 21.3 Å². The minimum absolute atomic E-state index is 0.0926. The van der Waals surface area contributed by atoms with Crippen molar-refractivity contribution in [2.45, 2.75) is 30.4 Å². The highest BCUT2D eigenvalue weighted by molar-refractivity contribution is 7.89. The third kappa shape index (κ3) is 5.35. The second kappa shape index (κ2) is 9.39. The van der Waals surface area contributed by atoms with E-state index in [0.29, 0.717) is 17.9 Å². The molecule has 0 bridgehead atoms. The van der Waals surface area contributed by atoms with Gasteiger partial charge >= 0.3 is 0 Å². The van der Waals surface area contributed by atoms with Crippen LogP contribution in [0.1, 0.15) is 28.8 Å². The Labute approximate surface area is 171 Å². The zero-order valence-corrected chi connectivity index (χ0v) is 17.4. The van der Waals surface area contributed by atoms with Crippen molar-refractivity contribution in [2.75, 3.05) is 27.3 Å². The SMILES string of the molecule is COc1ccc(S(=O)(=O)N(C)Cc2ccc(C(=O)NCC3CCCO3)cc2)cc1. The van der Waals surface area contributed by atoms with Gasteiger partial charge in [-0.15, -0.1) is 0 Å². The summed E-state index contributed by atoms with van der Waals surface area (Å²) in [5, 5.41) is 2.88. The Morgan fingerprint density at radius 3 is 2.45 bits per heavy atom. The third-order valence-electron chi connectivity index (χ3n) is 4.90. The molecule has 8 heteroatoms. The number of benzene rings is 2. The van der Waals surface area contributed by atoms with Gasteiger partial charge in [-0.1, -0.05) is 12.1 Å². The van der Waals surface area contributed by atoms with Crippen molar-refractivity contribution < 1.29 is 22.7 Å². The van der Waals surface area contributed by atoms with Gasteiger partial charge in [-0.3, -0.25) is 4.79 Å². The van der Waals surface area contributed by atoms with E-state index in [1.807, 2.05) is 0 Å². The van der Waals surface area contributed by atoms with E-state index in [2.05, 4.69) is 5.32 Å². The second-order valence-corrected chi connectivity index (χ2v) is 9.02. The highest BCUT2D eigenvalue weighted by Crippen LogP contribution is 2.20. The fraction of sp³-hybridized carbons (Fsp3) is 0.381. The maximum absolute atomic E-state index is 12.7. The first-order valence-electron chi connectivity index (χ1n) is 9.49. The van der Waals surface area contributed by atoms with Crippen molar-refractivity contribution in [1.29, 1.82) is 0 Å². The van der Waals surface area contributed by atoms with Crippen molar-refractivity contribution in [3.8, 4) is 5.75 Å². The number of nitrogens with one attached hydrogen (secondary N) is 1. The average molecular weight is 419 g/mol. The molecular formula is C21H26N2O5S. The molecule has 1 aliphatic heterocycles. The Bertz CT molecular complexity index is 921. The summed E-state index contributed by atoms with van der Waals surface area (Å²) in [7, 11) is -0.563. The molecule has 1 N–H and O–H groups in total. The summed E-state index contributed by atoms with van der Waals surface area (Å²) < 4.78 is 37.3. The molecule has 156 valence electrons. The Morgan fingerprint density at radius 2 is 1.86 bits per heavy atom. The Kier molecular flexibility index (Phi) is 6.89. The van der Waals surface area contributed by atoms with Crippen molar-refractivity contribution in [3.63, 3.8) is 0 Å². The number of amides is 1. The van der Waals surface area contributed by atoms with Crippen LogP contribution in [0.15, 0.2) is 53.4 Å². The van der Waals surface area contributed by atoms with Crippen molar-refractivity contribution in [1.82, 2.24) is 9.62 Å². The first-order chi connectivity index (χ1) is 13.9. The van der Waals surface area contributed by atoms with Crippen LogP contribution >= 0.6 is 0 Å². The van der Waals surface area contributed by atoms with Crippen LogP contribution in [0.25, 0.3) is 0 Å². The first kappa shape index (κ1) is 21.3. The molecule has 0 aromatic heterocycles. The zero-order chi connectivity index (χ0) is 20.9. The molecule has 2 aromatic carbocycles. The first-order valence-corrected chi connectivity index (χ1v) is 10.9. The van der Waals surface area contributed by atoms with Gasteiger partial charge in [0.15, 0.2) is 0 Å². The smallest absolute Gasteiger partial charge is 0.251 e. The van der Waals surface area contributed by atoms with Crippen molar-refractivity contribution in [2.24, 2.45) is 0 Å². The number of ether oxygens (including phenoxy) is 2. The van der Waals surface area contributed by atoms with Crippen LogP contribution in [0.5, 0.6) is 5.75 Å². The van der Waals surface area contributed by atoms with Gasteiger partial charge in [0.1, 0.15) is 5.75 Å². The number of hydrogen-bond donors (Lipinski definition) is 1. The fourth-order valence-electron chi connectivity index (χ4n) is 3.15. The monoisotopic (exact) mass is 418 g/mol. The average Bonchev–Trinajstić information content (AvgIpc) is 3.26. The summed E-state index contributed by atoms with van der Waals surface area (Å²) in [5.41, 5.74) is 1.33. The molecule has 0 radical (unpaired) electrons. The molecule has 1 saturated heterocycles. The van der Waals surface area contributed by atoms with E-state index < -0.39 is 10.0 Å². The number of hydrogen-bond acceptors (Lipinski definition) is 5. The highest BCUT2D eigenvalue weighted by Gasteiger charge is 2.21. The van der Waals surface area contributed by atoms with E-state index in [-0.39, 0.29) is 23.5 Å². The lowest BCUT2D eigenvalue weighted by Crippen LogP contribution is -2.31. The van der Waals surface area contributed by atoms with E-state index in [9.17, 15) is 13.2 Å². The van der Waals surface area contributed by atoms with Gasteiger partial charge in [0, 0.05) is 32.3 Å². The normalized spacial score (nSPS) is 16.7. The van der Waals surface area contributed by atoms with Crippen molar-refractivity contribution in [3.05, 3.63) is 59.7 Å². The molecule has 1 fully saturated rings. The van der Waals surface area contributed by atoms with Gasteiger partial charge in [-0.2, -0.15) is 4.31 Å². The minimum atomic E-state index is -3.62. The molecule has 1 heterocycles. The fourth-order valence-corrected chi connectivity index (χ4v) is 4.30. The van der Waals surface area contributed by atoms with Gasteiger partial charge in [-0.05, 0) is 54.8 Å². The summed E-state index contributed by atoms with van der Waals surface area (Å²) in [6.07, 6.45) is 2.09. The summed E-state index contributed by atoms with van der Waals surface area (Å²) in [6.45, 7) is 1.46. The standard InChI is InChI=1S/C21H26N2O5S/c1-23(29(25,26)20-11-9-18(27-2)10-12-20)15-16-5-7-17(8-6-16)21(24)22-14-19-4-3-13-28-19/h5-12,19H,3-4,13-15H2,1-2H3,(H,22,24). The zero-order valence-electron chi connectivity index (χ0n) is 16.6. The Hall–Kier alpha value is -2.42. The molecule has 1 unspecified atom stereocenters. The minimum Gasteiger partial charge on any atom is -0.497 e. The van der Waals surface area contributed by atoms with Gasteiger partial charge in [0.05, 0.1) is 18.1 Å². The molecule has 29 heavy (non-hydrogen) atoms. The third-order valence-corrected chi connectivity index (χ3v) is 6.72. The highest BCUT2D eigenvalue weighted by atomic mass is 32.2. The maximum atomic E-state index is 12.7. The Balaban J connectivity index is 1.59. The quantitative estimate of drug-likeness (QED) is 0.712. The molecule has 7 nitrogen and oxygen atoms in total. The van der Waals surface area contributed by atoms with Gasteiger partial charge in [0.2, 0.25) is 10.0 Å². The molecular weight excluding hydrogens is 392 g/mol. The van der Waals surface area contributed by atoms with Crippen LogP contribution < -0.4 is 10.1 Å². The van der Waals surface area contributed by atoms with E-state index >= 15 is 0 Å². The summed E-state index contributed by atoms with van der Waals surface area (Å²) in [6, 6.07) is 13.2. The van der Waals surface area contributed by atoms with Crippen LogP contribution in [-0.4, -0.2) is 52.0 Å². The van der Waals surface area contributed by atoms with E-state index in [1.165, 1.54) is 30.6 Å². The second-order valence-electron chi connectivity index (χ2n) is 6.98. The van der Waals surface area contributed by atoms with Crippen LogP contribution in [0.3, 0.4) is 0 Å². The molecule has 1 amide bonds. The van der Waals surface area contributed by atoms with Gasteiger partial charge in [-0.25, -0.2) is 8.42 Å². The topological polar surface area (TPSA) is 84.9 Å². The molecule has 0 saturated carbocycles. The maximum Gasteiger partial charge on any atom is 0.251 e. The van der Waals surface area contributed by atoms with Crippen LogP contribution in [0.2, 0.25) is 0 Å². The van der Waals surface area contributed by atoms with Crippen LogP contribution in [0.4, 0.5) is 0 Å². The number of sulfonamides is 1. The van der Waals surface area contributed by atoms with Gasteiger partial charge < -0.3 is 14.8 Å². The number of carbonyl (C=O) groups is 1. The predicted octanol–water partition coefficient (Wildman–Crippen LogP) is 2.42. The van der Waals surface area contributed by atoms with E-state index in [4.69, 9.17) is 9.47 Å². The number of methoxy groups -OCH3 is 1.